The third-order valence-corrected chi connectivity index (χ3v) is 5.51. The maximum Gasteiger partial charge on any atom is 0.219 e. The Morgan fingerprint density at radius 1 is 1.12 bits per heavy atom. The molecule has 2 aliphatic heterocycles. The zero-order valence-corrected chi connectivity index (χ0v) is 15.6. The van der Waals surface area contributed by atoms with E-state index in [1.807, 2.05) is 35.2 Å². The molecule has 2 fully saturated rings. The molecule has 3 rings (SSSR count). The molecule has 1 aromatic carbocycles. The molecule has 1 aromatic rings. The largest absolute Gasteiger partial charge is 0.494 e. The van der Waals surface area contributed by atoms with Gasteiger partial charge in [0.1, 0.15) is 5.75 Å². The number of likely N-dealkylation sites (tertiary alicyclic amines) is 1. The predicted octanol–water partition coefficient (Wildman–Crippen LogP) is 1.94. The number of carbonyl (C=O) groups is 1. The molecule has 2 saturated heterocycles. The molecule has 0 aliphatic carbocycles. The van der Waals surface area contributed by atoms with Gasteiger partial charge in [0.05, 0.1) is 6.61 Å². The van der Waals surface area contributed by atoms with Crippen LogP contribution in [0.5, 0.6) is 5.75 Å². The predicted molar refractivity (Wildman–Crippen MR) is 99.8 cm³/mol. The fourth-order valence-electron chi connectivity index (χ4n) is 4.07. The molecule has 0 saturated carbocycles. The molecule has 5 nitrogen and oxygen atoms in total. The first-order chi connectivity index (χ1) is 12.1. The maximum absolute atomic E-state index is 11.5. The van der Waals surface area contributed by atoms with Crippen molar-refractivity contribution >= 4 is 5.91 Å². The van der Waals surface area contributed by atoms with E-state index < -0.39 is 0 Å². The lowest BCUT2D eigenvalue weighted by Gasteiger charge is -2.39. The highest BCUT2D eigenvalue weighted by Crippen LogP contribution is 2.23. The Balaban J connectivity index is 1.37. The number of carbonyl (C=O) groups excluding carboxylic acids is 1. The summed E-state index contributed by atoms with van der Waals surface area (Å²) in [4.78, 5) is 18.6. The lowest BCUT2D eigenvalue weighted by Crippen LogP contribution is -2.53. The molecule has 0 aromatic heterocycles. The lowest BCUT2D eigenvalue weighted by molar-refractivity contribution is -0.130. The standard InChI is InChI=1S/C20H31N3O2/c1-17-15-21(9-6-14-25-19-7-4-3-5-8-19)16-20(17)23-12-10-22(11-13-23)18(2)24/h3-5,7-8,17,20H,6,9-16H2,1-2H3/t17-,20+/m1/s1. The van der Waals surface area contributed by atoms with E-state index in [9.17, 15) is 4.79 Å². The third kappa shape index (κ3) is 4.95. The van der Waals surface area contributed by atoms with Crippen LogP contribution >= 0.6 is 0 Å². The third-order valence-electron chi connectivity index (χ3n) is 5.51. The summed E-state index contributed by atoms with van der Waals surface area (Å²) in [6, 6.07) is 10.7. The van der Waals surface area contributed by atoms with Crippen LogP contribution in [-0.2, 0) is 4.79 Å². The molecule has 1 amide bonds. The first-order valence-electron chi connectivity index (χ1n) is 9.53. The van der Waals surface area contributed by atoms with Gasteiger partial charge in [0.25, 0.3) is 0 Å². The summed E-state index contributed by atoms with van der Waals surface area (Å²) in [6.45, 7) is 12.0. The van der Waals surface area contributed by atoms with Gasteiger partial charge in [-0.1, -0.05) is 25.1 Å². The van der Waals surface area contributed by atoms with Crippen molar-refractivity contribution in [3.05, 3.63) is 30.3 Å². The van der Waals surface area contributed by atoms with Crippen molar-refractivity contribution < 1.29 is 9.53 Å². The second-order valence-corrected chi connectivity index (χ2v) is 7.36. The quantitative estimate of drug-likeness (QED) is 0.738. The smallest absolute Gasteiger partial charge is 0.219 e. The molecule has 0 spiro atoms. The minimum absolute atomic E-state index is 0.208. The number of benzene rings is 1. The summed E-state index contributed by atoms with van der Waals surface area (Å²) in [6.07, 6.45) is 1.06. The molecule has 0 N–H and O–H groups in total. The van der Waals surface area contributed by atoms with Crippen LogP contribution in [-0.4, -0.2) is 79.1 Å². The van der Waals surface area contributed by atoms with E-state index in [1.165, 1.54) is 6.54 Å². The lowest BCUT2D eigenvalue weighted by atomic mass is 10.0. The SMILES string of the molecule is CC(=O)N1CCN([C@H]2CN(CCCOc3ccccc3)C[C@H]2C)CC1. The van der Waals surface area contributed by atoms with E-state index >= 15 is 0 Å². The molecule has 138 valence electrons. The Bertz CT molecular complexity index is 543. The molecule has 5 heteroatoms. The van der Waals surface area contributed by atoms with Crippen LogP contribution in [0, 0.1) is 5.92 Å². The second-order valence-electron chi connectivity index (χ2n) is 7.36. The molecule has 2 heterocycles. The number of piperazine rings is 1. The van der Waals surface area contributed by atoms with Crippen molar-refractivity contribution in [2.24, 2.45) is 5.92 Å². The van der Waals surface area contributed by atoms with Crippen LogP contribution in [0.4, 0.5) is 0 Å². The molecular weight excluding hydrogens is 314 g/mol. The van der Waals surface area contributed by atoms with Gasteiger partial charge >= 0.3 is 0 Å². The summed E-state index contributed by atoms with van der Waals surface area (Å²) in [7, 11) is 0. The normalized spacial score (nSPS) is 25.3. The number of ether oxygens (including phenoxy) is 1. The fourth-order valence-corrected chi connectivity index (χ4v) is 4.07. The Kier molecular flexibility index (Phi) is 6.32. The van der Waals surface area contributed by atoms with Gasteiger partial charge in [-0.05, 0) is 24.5 Å². The first-order valence-corrected chi connectivity index (χ1v) is 9.53. The zero-order chi connectivity index (χ0) is 17.6. The minimum atomic E-state index is 0.208. The monoisotopic (exact) mass is 345 g/mol. The van der Waals surface area contributed by atoms with Crippen LogP contribution in [0.2, 0.25) is 0 Å². The number of hydrogen-bond donors (Lipinski definition) is 0. The van der Waals surface area contributed by atoms with Crippen LogP contribution in [0.25, 0.3) is 0 Å². The number of rotatable bonds is 6. The fraction of sp³-hybridized carbons (Fsp3) is 0.650. The van der Waals surface area contributed by atoms with E-state index in [1.54, 1.807) is 6.92 Å². The van der Waals surface area contributed by atoms with Gasteiger partial charge < -0.3 is 14.5 Å². The summed E-state index contributed by atoms with van der Waals surface area (Å²) in [5.41, 5.74) is 0. The van der Waals surface area contributed by atoms with Crippen LogP contribution < -0.4 is 4.74 Å². The Hall–Kier alpha value is -1.59. The van der Waals surface area contributed by atoms with Crippen LogP contribution in [0.3, 0.4) is 0 Å². The number of nitrogens with zero attached hydrogens (tertiary/aromatic N) is 3. The highest BCUT2D eigenvalue weighted by molar-refractivity contribution is 5.73. The highest BCUT2D eigenvalue weighted by atomic mass is 16.5. The molecule has 2 atom stereocenters. The first kappa shape index (κ1) is 18.2. The van der Waals surface area contributed by atoms with Gasteiger partial charge in [-0.3, -0.25) is 9.69 Å². The van der Waals surface area contributed by atoms with Gasteiger partial charge in [-0.15, -0.1) is 0 Å². The summed E-state index contributed by atoms with van der Waals surface area (Å²) >= 11 is 0. The number of hydrogen-bond acceptors (Lipinski definition) is 4. The van der Waals surface area contributed by atoms with Crippen LogP contribution in [0.1, 0.15) is 20.3 Å². The second kappa shape index (κ2) is 8.68. The van der Waals surface area contributed by atoms with E-state index in [2.05, 4.69) is 16.7 Å². The summed E-state index contributed by atoms with van der Waals surface area (Å²) in [5.74, 6) is 1.86. The van der Waals surface area contributed by atoms with Gasteiger partial charge in [0.15, 0.2) is 0 Å². The summed E-state index contributed by atoms with van der Waals surface area (Å²) in [5, 5.41) is 0. The topological polar surface area (TPSA) is 36.0 Å². The highest BCUT2D eigenvalue weighted by Gasteiger charge is 2.35. The Labute approximate surface area is 151 Å². The minimum Gasteiger partial charge on any atom is -0.494 e. The maximum atomic E-state index is 11.5. The van der Waals surface area contributed by atoms with Crippen molar-refractivity contribution in [1.29, 1.82) is 0 Å². The Morgan fingerprint density at radius 2 is 1.84 bits per heavy atom. The average Bonchev–Trinajstić information content (AvgIpc) is 3.00. The van der Waals surface area contributed by atoms with E-state index in [4.69, 9.17) is 4.74 Å². The molecule has 0 unspecified atom stereocenters. The Morgan fingerprint density at radius 3 is 2.52 bits per heavy atom. The molecule has 25 heavy (non-hydrogen) atoms. The van der Waals surface area contributed by atoms with Crippen molar-refractivity contribution in [2.45, 2.75) is 26.3 Å². The molecule has 0 radical (unpaired) electrons. The van der Waals surface area contributed by atoms with Gasteiger partial charge in [-0.2, -0.15) is 0 Å². The average molecular weight is 345 g/mol. The van der Waals surface area contributed by atoms with Crippen LogP contribution in [0.15, 0.2) is 30.3 Å². The van der Waals surface area contributed by atoms with Crippen molar-refractivity contribution in [2.75, 3.05) is 52.4 Å². The summed E-state index contributed by atoms with van der Waals surface area (Å²) < 4.78 is 5.80. The van der Waals surface area contributed by atoms with E-state index in [-0.39, 0.29) is 5.91 Å². The van der Waals surface area contributed by atoms with E-state index in [0.29, 0.717) is 12.0 Å². The van der Waals surface area contributed by atoms with Gasteiger partial charge in [0, 0.05) is 58.8 Å². The molecular formula is C20H31N3O2. The zero-order valence-electron chi connectivity index (χ0n) is 15.6. The van der Waals surface area contributed by atoms with Gasteiger partial charge in [0.2, 0.25) is 5.91 Å². The number of para-hydroxylation sites is 1. The van der Waals surface area contributed by atoms with Crippen molar-refractivity contribution in [3.63, 3.8) is 0 Å². The van der Waals surface area contributed by atoms with E-state index in [0.717, 1.165) is 58.0 Å². The van der Waals surface area contributed by atoms with Crippen molar-refractivity contribution in [1.82, 2.24) is 14.7 Å². The van der Waals surface area contributed by atoms with Gasteiger partial charge in [-0.25, -0.2) is 0 Å². The number of amides is 1. The molecule has 0 bridgehead atoms. The molecule has 2 aliphatic rings. The van der Waals surface area contributed by atoms with Crippen molar-refractivity contribution in [3.8, 4) is 5.75 Å².